The van der Waals surface area contributed by atoms with E-state index in [4.69, 9.17) is 11.6 Å². The first-order valence-corrected chi connectivity index (χ1v) is 8.31. The normalized spacial score (nSPS) is 16.6. The maximum absolute atomic E-state index is 12.7. The number of hydrogen-bond donors (Lipinski definition) is 2. The van der Waals surface area contributed by atoms with Crippen LogP contribution in [0.25, 0.3) is 0 Å². The molecule has 2 nitrogen and oxygen atoms in total. The van der Waals surface area contributed by atoms with E-state index in [2.05, 4.69) is 5.32 Å². The van der Waals surface area contributed by atoms with Crippen molar-refractivity contribution in [2.75, 3.05) is 13.6 Å². The number of phenols is 1. The fraction of sp³-hybridized carbons (Fsp3) is 0.444. The number of likely N-dealkylation sites (N-methyl/N-ethyl adjacent to an activating group) is 1. The maximum atomic E-state index is 12.7. The number of nitrogens with one attached hydrogen (secondary N) is 1. The van der Waals surface area contributed by atoms with E-state index in [1.807, 2.05) is 13.1 Å². The van der Waals surface area contributed by atoms with Crippen LogP contribution in [0.5, 0.6) is 5.75 Å². The number of rotatable bonds is 5. The lowest BCUT2D eigenvalue weighted by atomic mass is 9.87. The third-order valence-electron chi connectivity index (χ3n) is 4.17. The number of aromatic hydroxyl groups is 1. The van der Waals surface area contributed by atoms with Gasteiger partial charge in [-0.05, 0) is 62.4 Å². The average molecular weight is 360 g/mol. The SMILES string of the molecule is CNC/C=C(/Cl)C1=C(Cc2ccc(C(F)(F)F)cc2O)CCCC1. The molecule has 6 heteroatoms. The van der Waals surface area contributed by atoms with Gasteiger partial charge < -0.3 is 10.4 Å². The fourth-order valence-corrected chi connectivity index (χ4v) is 3.19. The van der Waals surface area contributed by atoms with Gasteiger partial charge in [-0.2, -0.15) is 13.2 Å². The van der Waals surface area contributed by atoms with Gasteiger partial charge in [0.1, 0.15) is 5.75 Å². The van der Waals surface area contributed by atoms with Gasteiger partial charge >= 0.3 is 6.18 Å². The van der Waals surface area contributed by atoms with Gasteiger partial charge in [-0.1, -0.05) is 29.3 Å². The number of hydrogen-bond acceptors (Lipinski definition) is 2. The molecule has 2 rings (SSSR count). The molecule has 0 amide bonds. The highest BCUT2D eigenvalue weighted by molar-refractivity contribution is 6.32. The molecule has 1 aromatic rings. The first kappa shape index (κ1) is 18.9. The second kappa shape index (κ2) is 8.08. The first-order valence-electron chi connectivity index (χ1n) is 7.93. The van der Waals surface area contributed by atoms with E-state index in [1.165, 1.54) is 6.07 Å². The van der Waals surface area contributed by atoms with Crippen LogP contribution in [-0.2, 0) is 12.6 Å². The second-order valence-corrected chi connectivity index (χ2v) is 6.32. The summed E-state index contributed by atoms with van der Waals surface area (Å²) >= 11 is 6.38. The predicted octanol–water partition coefficient (Wildman–Crippen LogP) is 5.17. The number of phenolic OH excluding ortho intramolecular Hbond substituents is 1. The van der Waals surface area contributed by atoms with Crippen LogP contribution in [0.3, 0.4) is 0 Å². The Kier molecular flexibility index (Phi) is 6.35. The van der Waals surface area contributed by atoms with Gasteiger partial charge in [-0.15, -0.1) is 0 Å². The van der Waals surface area contributed by atoms with Gasteiger partial charge in [0.15, 0.2) is 0 Å². The van der Waals surface area contributed by atoms with Crippen LogP contribution in [0.2, 0.25) is 0 Å². The summed E-state index contributed by atoms with van der Waals surface area (Å²) in [6, 6.07) is 3.15. The standard InChI is InChI=1S/C18H21ClF3NO/c1-23-9-8-16(19)15-5-3-2-4-12(15)10-13-6-7-14(11-17(13)24)18(20,21)22/h6-8,11,23-24H,2-5,9-10H2,1H3/b16-8+. The Bertz CT molecular complexity index is 650. The molecule has 0 aliphatic heterocycles. The molecule has 0 atom stereocenters. The summed E-state index contributed by atoms with van der Waals surface area (Å²) in [5.74, 6) is -0.322. The van der Waals surface area contributed by atoms with Crippen molar-refractivity contribution in [3.05, 3.63) is 51.6 Å². The maximum Gasteiger partial charge on any atom is 0.416 e. The Labute approximate surface area is 145 Å². The molecule has 24 heavy (non-hydrogen) atoms. The van der Waals surface area contributed by atoms with Crippen molar-refractivity contribution in [3.8, 4) is 5.75 Å². The summed E-state index contributed by atoms with van der Waals surface area (Å²) < 4.78 is 38.1. The van der Waals surface area contributed by atoms with Crippen molar-refractivity contribution in [2.24, 2.45) is 0 Å². The molecular formula is C18H21ClF3NO. The van der Waals surface area contributed by atoms with E-state index in [-0.39, 0.29) is 5.75 Å². The molecule has 2 N–H and O–H groups in total. The molecule has 132 valence electrons. The summed E-state index contributed by atoms with van der Waals surface area (Å²) in [6.45, 7) is 0.654. The van der Waals surface area contributed by atoms with Crippen molar-refractivity contribution in [1.82, 2.24) is 5.32 Å². The molecule has 1 aromatic carbocycles. The molecule has 0 heterocycles. The Morgan fingerprint density at radius 2 is 2.00 bits per heavy atom. The number of halogens is 4. The minimum atomic E-state index is -4.45. The van der Waals surface area contributed by atoms with E-state index in [9.17, 15) is 18.3 Å². The summed E-state index contributed by atoms with van der Waals surface area (Å²) in [5.41, 5.74) is 1.80. The van der Waals surface area contributed by atoms with Crippen LogP contribution in [-0.4, -0.2) is 18.7 Å². The molecule has 0 radical (unpaired) electrons. The third-order valence-corrected chi connectivity index (χ3v) is 4.55. The zero-order valence-electron chi connectivity index (χ0n) is 13.5. The molecule has 1 aliphatic rings. The molecule has 0 fully saturated rings. The van der Waals surface area contributed by atoms with E-state index < -0.39 is 11.7 Å². The Balaban J connectivity index is 2.28. The molecule has 0 aromatic heterocycles. The highest BCUT2D eigenvalue weighted by Crippen LogP contribution is 2.37. The topological polar surface area (TPSA) is 32.3 Å². The van der Waals surface area contributed by atoms with Gasteiger partial charge in [-0.25, -0.2) is 0 Å². The lowest BCUT2D eigenvalue weighted by molar-refractivity contribution is -0.137. The Morgan fingerprint density at radius 3 is 2.62 bits per heavy atom. The molecular weight excluding hydrogens is 339 g/mol. The Hall–Kier alpha value is -1.46. The molecule has 0 saturated carbocycles. The summed E-state index contributed by atoms with van der Waals surface area (Å²) in [7, 11) is 1.83. The zero-order chi connectivity index (χ0) is 17.7. The van der Waals surface area contributed by atoms with Crippen molar-refractivity contribution in [2.45, 2.75) is 38.3 Å². The monoisotopic (exact) mass is 359 g/mol. The molecule has 0 saturated heterocycles. The van der Waals surface area contributed by atoms with Crippen LogP contribution in [0.1, 0.15) is 36.8 Å². The van der Waals surface area contributed by atoms with E-state index in [0.717, 1.165) is 49.0 Å². The third kappa shape index (κ3) is 4.77. The average Bonchev–Trinajstić information content (AvgIpc) is 2.54. The van der Waals surface area contributed by atoms with Crippen molar-refractivity contribution in [3.63, 3.8) is 0 Å². The highest BCUT2D eigenvalue weighted by Gasteiger charge is 2.31. The van der Waals surface area contributed by atoms with Gasteiger partial charge in [0.05, 0.1) is 5.56 Å². The first-order chi connectivity index (χ1) is 11.3. The molecule has 0 unspecified atom stereocenters. The quantitative estimate of drug-likeness (QED) is 0.760. The van der Waals surface area contributed by atoms with Gasteiger partial charge in [0.2, 0.25) is 0 Å². The summed E-state index contributed by atoms with van der Waals surface area (Å²) in [6.07, 6.45) is 1.63. The van der Waals surface area contributed by atoms with Crippen LogP contribution >= 0.6 is 11.6 Å². The van der Waals surface area contributed by atoms with E-state index in [1.54, 1.807) is 0 Å². The Morgan fingerprint density at radius 1 is 1.29 bits per heavy atom. The van der Waals surface area contributed by atoms with Crippen LogP contribution in [0, 0.1) is 0 Å². The smallest absolute Gasteiger partial charge is 0.416 e. The minimum Gasteiger partial charge on any atom is -0.508 e. The highest BCUT2D eigenvalue weighted by atomic mass is 35.5. The van der Waals surface area contributed by atoms with Gasteiger partial charge in [0.25, 0.3) is 0 Å². The zero-order valence-corrected chi connectivity index (χ0v) is 14.3. The predicted molar refractivity (Wildman–Crippen MR) is 90.2 cm³/mol. The fourth-order valence-electron chi connectivity index (χ4n) is 2.89. The largest absolute Gasteiger partial charge is 0.508 e. The lowest BCUT2D eigenvalue weighted by Gasteiger charge is -2.21. The van der Waals surface area contributed by atoms with E-state index >= 15 is 0 Å². The molecule has 1 aliphatic carbocycles. The van der Waals surface area contributed by atoms with Gasteiger partial charge in [-0.3, -0.25) is 0 Å². The minimum absolute atomic E-state index is 0.322. The summed E-state index contributed by atoms with van der Waals surface area (Å²) in [4.78, 5) is 0. The molecule has 0 bridgehead atoms. The lowest BCUT2D eigenvalue weighted by Crippen LogP contribution is -2.08. The van der Waals surface area contributed by atoms with Gasteiger partial charge in [0, 0.05) is 11.6 Å². The van der Waals surface area contributed by atoms with Crippen LogP contribution in [0.4, 0.5) is 13.2 Å². The van der Waals surface area contributed by atoms with E-state index in [0.29, 0.717) is 23.6 Å². The number of alkyl halides is 3. The van der Waals surface area contributed by atoms with Crippen LogP contribution in [0.15, 0.2) is 40.5 Å². The van der Waals surface area contributed by atoms with Crippen molar-refractivity contribution >= 4 is 11.6 Å². The number of allylic oxidation sites excluding steroid dienone is 3. The number of benzene rings is 1. The summed E-state index contributed by atoms with van der Waals surface area (Å²) in [5, 5.41) is 13.7. The van der Waals surface area contributed by atoms with Crippen molar-refractivity contribution in [1.29, 1.82) is 0 Å². The van der Waals surface area contributed by atoms with Crippen molar-refractivity contribution < 1.29 is 18.3 Å². The molecule has 0 spiro atoms. The second-order valence-electron chi connectivity index (χ2n) is 5.92. The van der Waals surface area contributed by atoms with Crippen LogP contribution < -0.4 is 5.32 Å².